The second-order valence-electron chi connectivity index (χ2n) is 8.57. The number of fused-ring (bicyclic) bond motifs is 2. The van der Waals surface area contributed by atoms with E-state index in [2.05, 4.69) is 24.9 Å². The molecule has 180 valence electrons. The van der Waals surface area contributed by atoms with Gasteiger partial charge in [-0.05, 0) is 56.0 Å². The smallest absolute Gasteiger partial charge is 0.383 e. The van der Waals surface area contributed by atoms with Crippen molar-refractivity contribution >= 4 is 22.8 Å². The van der Waals surface area contributed by atoms with Crippen molar-refractivity contribution in [3.05, 3.63) is 76.8 Å². The maximum absolute atomic E-state index is 13.8. The van der Waals surface area contributed by atoms with E-state index in [9.17, 15) is 18.0 Å². The van der Waals surface area contributed by atoms with E-state index in [1.54, 1.807) is 23.4 Å². The van der Waals surface area contributed by atoms with Crippen LogP contribution in [0.4, 0.5) is 19.0 Å². The number of nitrogen functional groups attached to an aromatic ring is 1. The lowest BCUT2D eigenvalue weighted by molar-refractivity contribution is -0.137. The van der Waals surface area contributed by atoms with Gasteiger partial charge in [-0.25, -0.2) is 4.98 Å². The van der Waals surface area contributed by atoms with Gasteiger partial charge in [-0.15, -0.1) is 0 Å². The van der Waals surface area contributed by atoms with Gasteiger partial charge >= 0.3 is 6.18 Å². The van der Waals surface area contributed by atoms with E-state index in [1.807, 2.05) is 13.0 Å². The summed E-state index contributed by atoms with van der Waals surface area (Å²) < 4.78 is 39.0. The van der Waals surface area contributed by atoms with Crippen LogP contribution < -0.4 is 5.73 Å². The Morgan fingerprint density at radius 2 is 2.00 bits per heavy atom. The average Bonchev–Trinajstić information content (AvgIpc) is 3.24. The lowest BCUT2D eigenvalue weighted by Crippen LogP contribution is -2.37. The summed E-state index contributed by atoms with van der Waals surface area (Å²) >= 11 is 0. The highest BCUT2D eigenvalue weighted by Crippen LogP contribution is 2.34. The molecule has 0 saturated heterocycles. The quantitative estimate of drug-likeness (QED) is 0.447. The number of H-pyrrole nitrogens is 1. The predicted molar refractivity (Wildman–Crippen MR) is 122 cm³/mol. The van der Waals surface area contributed by atoms with Gasteiger partial charge in [0, 0.05) is 18.6 Å². The normalized spacial score (nSPS) is 15.7. The molecule has 0 saturated carbocycles. The fourth-order valence-electron chi connectivity index (χ4n) is 4.38. The number of pyridine rings is 2. The topological polar surface area (TPSA) is 114 Å². The Morgan fingerprint density at radius 1 is 1.20 bits per heavy atom. The standard InChI is InChI=1S/C24H22F3N7O/c1-13-9-17-18(33-22(13)28)10-19(32-17)23(35)34(12-15-6-5-14(11-31-15)24(25,26)27)20-4-2-3-16-21(20)30-8-7-29-16/h5-11,20,32H,2-4,12H2,1H3,(H2,28,33)/t20-/m1/s1. The number of aryl methyl sites for hydroxylation is 2. The van der Waals surface area contributed by atoms with E-state index in [1.165, 1.54) is 6.07 Å². The summed E-state index contributed by atoms with van der Waals surface area (Å²) in [6.07, 6.45) is 1.67. The number of carbonyl (C=O) groups is 1. The average molecular weight is 481 g/mol. The van der Waals surface area contributed by atoms with Crippen LogP contribution in [0.3, 0.4) is 0 Å². The molecular weight excluding hydrogens is 459 g/mol. The zero-order valence-corrected chi connectivity index (χ0v) is 18.8. The fraction of sp³-hybridized carbons (Fsp3) is 0.292. The van der Waals surface area contributed by atoms with Crippen LogP contribution in [-0.4, -0.2) is 35.7 Å². The molecule has 4 heterocycles. The van der Waals surface area contributed by atoms with Gasteiger partial charge in [0.05, 0.1) is 46.3 Å². The van der Waals surface area contributed by atoms with Crippen LogP contribution in [0.25, 0.3) is 11.0 Å². The van der Waals surface area contributed by atoms with Gasteiger partial charge in [-0.1, -0.05) is 0 Å². The summed E-state index contributed by atoms with van der Waals surface area (Å²) in [4.78, 5) is 35.7. The second kappa shape index (κ2) is 8.64. The number of anilines is 1. The minimum atomic E-state index is -4.49. The minimum Gasteiger partial charge on any atom is -0.383 e. The molecule has 1 amide bonds. The number of aromatic nitrogens is 5. The number of alkyl halides is 3. The molecule has 0 aliphatic heterocycles. The summed E-state index contributed by atoms with van der Waals surface area (Å²) in [5, 5.41) is 0. The Morgan fingerprint density at radius 3 is 2.74 bits per heavy atom. The van der Waals surface area contributed by atoms with Crippen molar-refractivity contribution in [2.24, 2.45) is 0 Å². The van der Waals surface area contributed by atoms with Gasteiger partial charge in [-0.3, -0.25) is 19.7 Å². The monoisotopic (exact) mass is 481 g/mol. The van der Waals surface area contributed by atoms with Crippen molar-refractivity contribution in [2.75, 3.05) is 5.73 Å². The van der Waals surface area contributed by atoms with Gasteiger partial charge in [0.2, 0.25) is 0 Å². The van der Waals surface area contributed by atoms with Crippen molar-refractivity contribution in [3.8, 4) is 0 Å². The zero-order chi connectivity index (χ0) is 24.7. The number of nitrogens with one attached hydrogen (secondary N) is 1. The molecule has 0 aromatic carbocycles. The number of carbonyl (C=O) groups excluding carboxylic acids is 1. The van der Waals surface area contributed by atoms with Crippen molar-refractivity contribution in [1.82, 2.24) is 29.8 Å². The number of aromatic amines is 1. The molecule has 4 aromatic rings. The Balaban J connectivity index is 1.54. The van der Waals surface area contributed by atoms with Crippen molar-refractivity contribution in [2.45, 2.75) is 44.9 Å². The van der Waals surface area contributed by atoms with E-state index in [-0.39, 0.29) is 12.5 Å². The first-order valence-corrected chi connectivity index (χ1v) is 11.1. The molecule has 11 heteroatoms. The van der Waals surface area contributed by atoms with Gasteiger partial charge in [0.15, 0.2) is 0 Å². The molecule has 8 nitrogen and oxygen atoms in total. The van der Waals surface area contributed by atoms with Crippen molar-refractivity contribution < 1.29 is 18.0 Å². The number of halogens is 3. The molecular formula is C24H22F3N7O. The number of hydrogen-bond donors (Lipinski definition) is 2. The fourth-order valence-corrected chi connectivity index (χ4v) is 4.38. The van der Waals surface area contributed by atoms with E-state index >= 15 is 0 Å². The molecule has 5 rings (SSSR count). The number of rotatable bonds is 4. The predicted octanol–water partition coefficient (Wildman–Crippen LogP) is 4.38. The van der Waals surface area contributed by atoms with Crippen LogP contribution in [0.2, 0.25) is 0 Å². The van der Waals surface area contributed by atoms with E-state index < -0.39 is 17.8 Å². The Labute approximate surface area is 198 Å². The van der Waals surface area contributed by atoms with Gasteiger partial charge in [0.1, 0.15) is 11.5 Å². The number of hydrogen-bond acceptors (Lipinski definition) is 6. The first kappa shape index (κ1) is 22.8. The SMILES string of the molecule is Cc1cc2[nH]c(C(=O)N(Cc3ccc(C(F)(F)F)cn3)[C@@H]3CCCc4nccnc43)cc2nc1N. The zero-order valence-electron chi connectivity index (χ0n) is 18.8. The second-order valence-corrected chi connectivity index (χ2v) is 8.57. The highest BCUT2D eigenvalue weighted by Gasteiger charge is 2.34. The molecule has 1 aliphatic rings. The lowest BCUT2D eigenvalue weighted by atomic mass is 9.93. The molecule has 3 N–H and O–H groups in total. The molecule has 0 bridgehead atoms. The van der Waals surface area contributed by atoms with E-state index in [4.69, 9.17) is 5.73 Å². The molecule has 0 radical (unpaired) electrons. The molecule has 1 atom stereocenters. The van der Waals surface area contributed by atoms with E-state index in [0.29, 0.717) is 40.4 Å². The first-order valence-electron chi connectivity index (χ1n) is 11.1. The highest BCUT2D eigenvalue weighted by molar-refractivity contribution is 5.97. The number of amides is 1. The Bertz CT molecular complexity index is 1360. The van der Waals surface area contributed by atoms with Crippen LogP contribution in [-0.2, 0) is 19.1 Å². The van der Waals surface area contributed by atoms with Crippen LogP contribution >= 0.6 is 0 Å². The maximum Gasteiger partial charge on any atom is 0.417 e. The van der Waals surface area contributed by atoms with Crippen LogP contribution in [0.5, 0.6) is 0 Å². The summed E-state index contributed by atoms with van der Waals surface area (Å²) in [6, 6.07) is 5.30. The number of nitrogens with two attached hydrogens (primary N) is 1. The molecule has 0 fully saturated rings. The van der Waals surface area contributed by atoms with Crippen LogP contribution in [0.1, 0.15) is 57.6 Å². The summed E-state index contributed by atoms with van der Waals surface area (Å²) in [5.41, 5.74) is 9.19. The summed E-state index contributed by atoms with van der Waals surface area (Å²) in [6.45, 7) is 1.83. The van der Waals surface area contributed by atoms with Gasteiger partial charge < -0.3 is 15.6 Å². The first-order chi connectivity index (χ1) is 16.7. The van der Waals surface area contributed by atoms with Crippen LogP contribution in [0.15, 0.2) is 42.9 Å². The Hall–Kier alpha value is -4.02. The van der Waals surface area contributed by atoms with Gasteiger partial charge in [0.25, 0.3) is 5.91 Å². The largest absolute Gasteiger partial charge is 0.417 e. The van der Waals surface area contributed by atoms with Crippen molar-refractivity contribution in [1.29, 1.82) is 0 Å². The Kier molecular flexibility index (Phi) is 5.62. The molecule has 1 aliphatic carbocycles. The van der Waals surface area contributed by atoms with Crippen LogP contribution in [0, 0.1) is 6.92 Å². The number of nitrogens with zero attached hydrogens (tertiary/aromatic N) is 5. The van der Waals surface area contributed by atoms with Crippen molar-refractivity contribution in [3.63, 3.8) is 0 Å². The van der Waals surface area contributed by atoms with Gasteiger partial charge in [-0.2, -0.15) is 13.2 Å². The third kappa shape index (κ3) is 4.41. The lowest BCUT2D eigenvalue weighted by Gasteiger charge is -2.34. The molecule has 4 aromatic heterocycles. The highest BCUT2D eigenvalue weighted by atomic mass is 19.4. The third-order valence-electron chi connectivity index (χ3n) is 6.20. The molecule has 0 unspecified atom stereocenters. The summed E-state index contributed by atoms with van der Waals surface area (Å²) in [7, 11) is 0. The minimum absolute atomic E-state index is 0.00160. The summed E-state index contributed by atoms with van der Waals surface area (Å²) in [5.74, 6) is 0.0298. The molecule has 35 heavy (non-hydrogen) atoms. The third-order valence-corrected chi connectivity index (χ3v) is 6.20. The maximum atomic E-state index is 13.8. The van der Waals surface area contributed by atoms with E-state index in [0.717, 1.165) is 36.4 Å². The molecule has 0 spiro atoms.